The Hall–Kier alpha value is -2.04. The molecule has 1 heterocycles. The van der Waals surface area contributed by atoms with Gasteiger partial charge in [-0.2, -0.15) is 0 Å². The third-order valence-electron chi connectivity index (χ3n) is 4.65. The predicted octanol–water partition coefficient (Wildman–Crippen LogP) is 4.19. The van der Waals surface area contributed by atoms with E-state index in [1.54, 1.807) is 0 Å². The van der Waals surface area contributed by atoms with Gasteiger partial charge in [0.25, 0.3) is 5.91 Å². The van der Waals surface area contributed by atoms with E-state index in [4.69, 9.17) is 0 Å². The highest BCUT2D eigenvalue weighted by molar-refractivity contribution is 6.02. The van der Waals surface area contributed by atoms with E-state index in [9.17, 15) is 9.59 Å². The molecule has 0 radical (unpaired) electrons. The Kier molecular flexibility index (Phi) is 6.68. The van der Waals surface area contributed by atoms with Gasteiger partial charge in [0.15, 0.2) is 0 Å². The molecular formula is C21H33N3O2. The zero-order chi connectivity index (χ0) is 19.3. The number of hydrogen-bond donors (Lipinski definition) is 2. The minimum absolute atomic E-state index is 0.0280. The second-order valence-corrected chi connectivity index (χ2v) is 8.49. The van der Waals surface area contributed by atoms with Crippen molar-refractivity contribution in [3.05, 3.63) is 23.8 Å². The first-order valence-corrected chi connectivity index (χ1v) is 9.69. The molecule has 2 amide bonds. The Morgan fingerprint density at radius 3 is 2.42 bits per heavy atom. The van der Waals surface area contributed by atoms with Crippen LogP contribution in [0.3, 0.4) is 0 Å². The summed E-state index contributed by atoms with van der Waals surface area (Å²) in [6, 6.07) is 5.79. The maximum atomic E-state index is 12.8. The van der Waals surface area contributed by atoms with E-state index >= 15 is 0 Å². The van der Waals surface area contributed by atoms with Gasteiger partial charge in [0, 0.05) is 36.9 Å². The molecule has 0 saturated carbocycles. The lowest BCUT2D eigenvalue weighted by molar-refractivity contribution is -0.117. The highest BCUT2D eigenvalue weighted by Gasteiger charge is 2.22. The summed E-state index contributed by atoms with van der Waals surface area (Å²) in [4.78, 5) is 27.3. The minimum atomic E-state index is -0.0758. The lowest BCUT2D eigenvalue weighted by atomic mass is 9.92. The fraction of sp³-hybridized carbons (Fsp3) is 0.619. The van der Waals surface area contributed by atoms with Crippen LogP contribution in [0.5, 0.6) is 0 Å². The minimum Gasteiger partial charge on any atom is -0.371 e. The molecule has 1 fully saturated rings. The molecule has 0 aliphatic carbocycles. The fourth-order valence-corrected chi connectivity index (χ4v) is 3.12. The van der Waals surface area contributed by atoms with Gasteiger partial charge in [0.05, 0.1) is 5.56 Å². The summed E-state index contributed by atoms with van der Waals surface area (Å²) in [7, 11) is 0. The van der Waals surface area contributed by atoms with Gasteiger partial charge in [0.1, 0.15) is 0 Å². The quantitative estimate of drug-likeness (QED) is 0.800. The van der Waals surface area contributed by atoms with Gasteiger partial charge in [-0.05, 0) is 49.8 Å². The lowest BCUT2D eigenvalue weighted by Gasteiger charge is -2.23. The molecule has 0 bridgehead atoms. The number of anilines is 2. The molecule has 144 valence electrons. The average Bonchev–Trinajstić information content (AvgIpc) is 3.07. The Balaban J connectivity index is 2.25. The third kappa shape index (κ3) is 5.75. The second kappa shape index (κ2) is 8.56. The average molecular weight is 360 g/mol. The van der Waals surface area contributed by atoms with Crippen LogP contribution in [0, 0.1) is 5.41 Å². The van der Waals surface area contributed by atoms with E-state index in [1.807, 2.05) is 45.9 Å². The van der Waals surface area contributed by atoms with Crippen LogP contribution in [0.2, 0.25) is 0 Å². The van der Waals surface area contributed by atoms with Crippen molar-refractivity contribution in [2.75, 3.05) is 23.3 Å². The standard InChI is InChI=1S/C21H33N3O2/c1-6-15(2)22-20(26)17-13-16(23-19(25)14-21(3,4)5)9-10-18(17)24-11-7-8-12-24/h9-10,13,15H,6-8,11-12,14H2,1-5H3,(H,22,26)(H,23,25). The van der Waals surface area contributed by atoms with Gasteiger partial charge < -0.3 is 15.5 Å². The maximum Gasteiger partial charge on any atom is 0.253 e. The van der Waals surface area contributed by atoms with Crippen molar-refractivity contribution in [2.24, 2.45) is 5.41 Å². The highest BCUT2D eigenvalue weighted by atomic mass is 16.2. The van der Waals surface area contributed by atoms with Crippen LogP contribution in [0.4, 0.5) is 11.4 Å². The molecule has 2 N–H and O–H groups in total. The molecule has 0 spiro atoms. The van der Waals surface area contributed by atoms with Gasteiger partial charge in [0.2, 0.25) is 5.91 Å². The Morgan fingerprint density at radius 2 is 1.85 bits per heavy atom. The summed E-state index contributed by atoms with van der Waals surface area (Å²) in [5.41, 5.74) is 2.20. The number of amides is 2. The number of rotatable bonds is 6. The van der Waals surface area contributed by atoms with E-state index in [2.05, 4.69) is 22.5 Å². The summed E-state index contributed by atoms with van der Waals surface area (Å²) in [6.45, 7) is 12.1. The van der Waals surface area contributed by atoms with Gasteiger partial charge in [-0.1, -0.05) is 27.7 Å². The topological polar surface area (TPSA) is 61.4 Å². The number of carbonyl (C=O) groups excluding carboxylic acids is 2. The first-order valence-electron chi connectivity index (χ1n) is 9.69. The van der Waals surface area contributed by atoms with Crippen molar-refractivity contribution in [1.82, 2.24) is 5.32 Å². The number of carbonyl (C=O) groups is 2. The SMILES string of the molecule is CCC(C)NC(=O)c1cc(NC(=O)CC(C)(C)C)ccc1N1CCCC1. The van der Waals surface area contributed by atoms with Crippen LogP contribution in [-0.4, -0.2) is 30.9 Å². The third-order valence-corrected chi connectivity index (χ3v) is 4.65. The largest absolute Gasteiger partial charge is 0.371 e. The fourth-order valence-electron chi connectivity index (χ4n) is 3.12. The van der Waals surface area contributed by atoms with Crippen molar-refractivity contribution >= 4 is 23.2 Å². The van der Waals surface area contributed by atoms with Gasteiger partial charge in [-0.15, -0.1) is 0 Å². The molecule has 1 aromatic rings. The summed E-state index contributed by atoms with van der Waals surface area (Å²) in [5.74, 6) is -0.104. The molecule has 26 heavy (non-hydrogen) atoms. The zero-order valence-corrected chi connectivity index (χ0v) is 16.8. The first-order chi connectivity index (χ1) is 12.2. The molecule has 5 heteroatoms. The van der Waals surface area contributed by atoms with E-state index < -0.39 is 0 Å². The molecule has 1 aliphatic rings. The van der Waals surface area contributed by atoms with Crippen LogP contribution in [0.1, 0.15) is 70.7 Å². The summed E-state index contributed by atoms with van der Waals surface area (Å²) in [5, 5.41) is 5.99. The summed E-state index contributed by atoms with van der Waals surface area (Å²) >= 11 is 0. The second-order valence-electron chi connectivity index (χ2n) is 8.49. The maximum absolute atomic E-state index is 12.8. The van der Waals surface area contributed by atoms with E-state index in [-0.39, 0.29) is 23.3 Å². The van der Waals surface area contributed by atoms with Crippen molar-refractivity contribution in [2.45, 2.75) is 66.3 Å². The molecule has 2 rings (SSSR count). The molecule has 1 aliphatic heterocycles. The van der Waals surface area contributed by atoms with Crippen LogP contribution in [-0.2, 0) is 4.79 Å². The van der Waals surface area contributed by atoms with Crippen molar-refractivity contribution in [3.63, 3.8) is 0 Å². The van der Waals surface area contributed by atoms with Gasteiger partial charge in [-0.25, -0.2) is 0 Å². The zero-order valence-electron chi connectivity index (χ0n) is 16.8. The molecule has 5 nitrogen and oxygen atoms in total. The molecule has 1 unspecified atom stereocenters. The number of hydrogen-bond acceptors (Lipinski definition) is 3. The number of nitrogens with one attached hydrogen (secondary N) is 2. The van der Waals surface area contributed by atoms with Crippen molar-refractivity contribution in [3.8, 4) is 0 Å². The van der Waals surface area contributed by atoms with Crippen LogP contribution >= 0.6 is 0 Å². The normalized spacial score (nSPS) is 15.7. The Morgan fingerprint density at radius 1 is 1.19 bits per heavy atom. The Bertz CT molecular complexity index is 643. The molecule has 0 aromatic heterocycles. The van der Waals surface area contributed by atoms with Crippen molar-refractivity contribution < 1.29 is 9.59 Å². The first kappa shape index (κ1) is 20.3. The van der Waals surface area contributed by atoms with Crippen LogP contribution < -0.4 is 15.5 Å². The smallest absolute Gasteiger partial charge is 0.253 e. The van der Waals surface area contributed by atoms with Gasteiger partial charge >= 0.3 is 0 Å². The van der Waals surface area contributed by atoms with E-state index in [0.717, 1.165) is 38.0 Å². The monoisotopic (exact) mass is 359 g/mol. The van der Waals surface area contributed by atoms with E-state index in [1.165, 1.54) is 0 Å². The van der Waals surface area contributed by atoms with Crippen LogP contribution in [0.25, 0.3) is 0 Å². The predicted molar refractivity (Wildman–Crippen MR) is 108 cm³/mol. The number of benzene rings is 1. The van der Waals surface area contributed by atoms with Crippen LogP contribution in [0.15, 0.2) is 18.2 Å². The Labute approximate surface area is 157 Å². The molecule has 1 saturated heterocycles. The number of nitrogens with zero attached hydrogens (tertiary/aromatic N) is 1. The van der Waals surface area contributed by atoms with Crippen molar-refractivity contribution in [1.29, 1.82) is 0 Å². The molecule has 1 atom stereocenters. The molecular weight excluding hydrogens is 326 g/mol. The van der Waals surface area contributed by atoms with E-state index in [0.29, 0.717) is 17.7 Å². The van der Waals surface area contributed by atoms with Gasteiger partial charge in [-0.3, -0.25) is 9.59 Å². The summed E-state index contributed by atoms with van der Waals surface area (Å²) < 4.78 is 0. The highest BCUT2D eigenvalue weighted by Crippen LogP contribution is 2.28. The summed E-state index contributed by atoms with van der Waals surface area (Å²) in [6.07, 6.45) is 3.62. The lowest BCUT2D eigenvalue weighted by Crippen LogP contribution is -2.33. The molecule has 1 aromatic carbocycles.